The first kappa shape index (κ1) is 21.4. The van der Waals surface area contributed by atoms with Crippen molar-refractivity contribution in [3.8, 4) is 11.6 Å². The summed E-state index contributed by atoms with van der Waals surface area (Å²) in [6.45, 7) is 0.584. The van der Waals surface area contributed by atoms with Crippen LogP contribution >= 0.6 is 0 Å². The minimum Gasteiger partial charge on any atom is -0.439 e. The largest absolute Gasteiger partial charge is 0.439 e. The molecule has 4 nitrogen and oxygen atoms in total. The van der Waals surface area contributed by atoms with E-state index in [1.54, 1.807) is 0 Å². The molecule has 0 unspecified atom stereocenters. The molecular weight excluding hydrogens is 412 g/mol. The number of rotatable bonds is 5. The molecule has 10 heteroatoms. The second-order valence-electron chi connectivity index (χ2n) is 6.45. The maximum Gasteiger partial charge on any atom is 0.416 e. The van der Waals surface area contributed by atoms with Crippen molar-refractivity contribution >= 4 is 11.5 Å². The predicted molar refractivity (Wildman–Crippen MR) is 97.6 cm³/mol. The van der Waals surface area contributed by atoms with E-state index in [-0.39, 0.29) is 23.1 Å². The van der Waals surface area contributed by atoms with Gasteiger partial charge >= 0.3 is 6.18 Å². The van der Waals surface area contributed by atoms with Crippen LogP contribution in [0.4, 0.5) is 37.8 Å². The fraction of sp³-hybridized carbons (Fsp3) is 0.200. The van der Waals surface area contributed by atoms with Crippen molar-refractivity contribution in [2.75, 3.05) is 11.9 Å². The molecule has 1 aromatic heterocycles. The molecule has 30 heavy (non-hydrogen) atoms. The van der Waals surface area contributed by atoms with Crippen LogP contribution in [0.2, 0.25) is 0 Å². The lowest BCUT2D eigenvalue weighted by Crippen LogP contribution is -2.15. The summed E-state index contributed by atoms with van der Waals surface area (Å²) in [5.41, 5.74) is -1.44. The van der Waals surface area contributed by atoms with E-state index in [9.17, 15) is 26.3 Å². The number of alkyl halides is 5. The van der Waals surface area contributed by atoms with Gasteiger partial charge in [-0.3, -0.25) is 0 Å². The summed E-state index contributed by atoms with van der Waals surface area (Å²) < 4.78 is 84.8. The van der Waals surface area contributed by atoms with Gasteiger partial charge in [-0.15, -0.1) is 0 Å². The highest BCUT2D eigenvalue weighted by molar-refractivity contribution is 5.61. The van der Waals surface area contributed by atoms with E-state index < -0.39 is 29.0 Å². The van der Waals surface area contributed by atoms with Crippen molar-refractivity contribution in [3.63, 3.8) is 0 Å². The molecule has 0 saturated carbocycles. The summed E-state index contributed by atoms with van der Waals surface area (Å²) in [6.07, 6.45) is -3.42. The van der Waals surface area contributed by atoms with Crippen molar-refractivity contribution in [3.05, 3.63) is 71.8 Å². The number of halogens is 6. The number of benzene rings is 2. The maximum atomic E-state index is 13.7. The molecule has 1 heterocycles. The van der Waals surface area contributed by atoms with Crippen LogP contribution in [0.25, 0.3) is 0 Å². The molecule has 158 valence electrons. The Morgan fingerprint density at radius 3 is 2.33 bits per heavy atom. The van der Waals surface area contributed by atoms with Crippen LogP contribution < -0.4 is 9.64 Å². The summed E-state index contributed by atoms with van der Waals surface area (Å²) >= 11 is 0. The Balaban J connectivity index is 1.87. The molecule has 0 bridgehead atoms. The Hall–Kier alpha value is -3.30. The van der Waals surface area contributed by atoms with Crippen LogP contribution in [-0.4, -0.2) is 17.0 Å². The quantitative estimate of drug-likeness (QED) is 0.448. The lowest BCUT2D eigenvalue weighted by molar-refractivity contribution is -0.137. The van der Waals surface area contributed by atoms with E-state index in [0.717, 1.165) is 30.6 Å². The van der Waals surface area contributed by atoms with Crippen molar-refractivity contribution < 1.29 is 31.1 Å². The molecule has 0 spiro atoms. The van der Waals surface area contributed by atoms with E-state index in [1.165, 1.54) is 36.2 Å². The third kappa shape index (κ3) is 4.81. The van der Waals surface area contributed by atoms with E-state index in [4.69, 9.17) is 4.74 Å². The first-order valence-electron chi connectivity index (χ1n) is 8.54. The Morgan fingerprint density at radius 2 is 1.67 bits per heavy atom. The Labute approximate surface area is 167 Å². The van der Waals surface area contributed by atoms with Gasteiger partial charge in [0.2, 0.25) is 5.88 Å². The normalized spacial score (nSPS) is 12.0. The van der Waals surface area contributed by atoms with Crippen molar-refractivity contribution in [1.82, 2.24) is 9.97 Å². The third-order valence-electron chi connectivity index (χ3n) is 4.17. The Morgan fingerprint density at radius 1 is 0.933 bits per heavy atom. The summed E-state index contributed by atoms with van der Waals surface area (Å²) in [7, 11) is 1.50. The van der Waals surface area contributed by atoms with E-state index >= 15 is 0 Å². The fourth-order valence-corrected chi connectivity index (χ4v) is 2.62. The number of ether oxygens (including phenoxy) is 1. The van der Waals surface area contributed by atoms with Crippen LogP contribution in [0.5, 0.6) is 11.6 Å². The predicted octanol–water partition coefficient (Wildman–Crippen LogP) is 6.31. The molecule has 3 aromatic rings. The average molecular weight is 427 g/mol. The highest BCUT2D eigenvalue weighted by atomic mass is 19.4. The third-order valence-corrected chi connectivity index (χ3v) is 4.17. The van der Waals surface area contributed by atoms with Crippen molar-refractivity contribution in [2.45, 2.75) is 19.0 Å². The molecule has 0 aliphatic heterocycles. The van der Waals surface area contributed by atoms with Gasteiger partial charge in [0.1, 0.15) is 23.7 Å². The van der Waals surface area contributed by atoms with Crippen LogP contribution in [0.1, 0.15) is 18.1 Å². The fourth-order valence-electron chi connectivity index (χ4n) is 2.62. The first-order chi connectivity index (χ1) is 13.9. The Bertz CT molecular complexity index is 1050. The van der Waals surface area contributed by atoms with E-state index in [0.29, 0.717) is 6.92 Å². The lowest BCUT2D eigenvalue weighted by atomic mass is 10.1. The zero-order valence-electron chi connectivity index (χ0n) is 15.7. The Kier molecular flexibility index (Phi) is 5.60. The number of hydrogen-bond acceptors (Lipinski definition) is 4. The zero-order chi connectivity index (χ0) is 22.1. The van der Waals surface area contributed by atoms with Gasteiger partial charge < -0.3 is 9.64 Å². The SMILES string of the molecule is CN(c1ccc(F)c(C(C)(F)F)c1)c1cc(Oc2cccc(C(F)(F)F)c2)ncn1. The topological polar surface area (TPSA) is 38.2 Å². The molecule has 0 aliphatic rings. The number of hydrogen-bond donors (Lipinski definition) is 0. The van der Waals surface area contributed by atoms with Gasteiger partial charge in [-0.05, 0) is 36.4 Å². The monoisotopic (exact) mass is 427 g/mol. The second kappa shape index (κ2) is 7.85. The molecule has 0 radical (unpaired) electrons. The van der Waals surface area contributed by atoms with Crippen LogP contribution in [-0.2, 0) is 12.1 Å². The molecule has 0 amide bonds. The molecule has 0 atom stereocenters. The molecular formula is C20H15F6N3O. The van der Waals surface area contributed by atoms with Crippen molar-refractivity contribution in [2.24, 2.45) is 0 Å². The van der Waals surface area contributed by atoms with E-state index in [1.807, 2.05) is 0 Å². The molecule has 2 aromatic carbocycles. The molecule has 0 N–H and O–H groups in total. The highest BCUT2D eigenvalue weighted by Gasteiger charge is 2.31. The van der Waals surface area contributed by atoms with Gasteiger partial charge in [0.15, 0.2) is 0 Å². The maximum absolute atomic E-state index is 13.7. The van der Waals surface area contributed by atoms with Gasteiger partial charge in [0.05, 0.1) is 11.1 Å². The van der Waals surface area contributed by atoms with Gasteiger partial charge in [-0.25, -0.2) is 23.1 Å². The summed E-state index contributed by atoms with van der Waals surface area (Å²) in [5.74, 6) is -4.38. The summed E-state index contributed by atoms with van der Waals surface area (Å²) in [6, 6.07) is 8.76. The van der Waals surface area contributed by atoms with Gasteiger partial charge in [-0.1, -0.05) is 6.07 Å². The highest BCUT2D eigenvalue weighted by Crippen LogP contribution is 2.35. The molecule has 0 aliphatic carbocycles. The summed E-state index contributed by atoms with van der Waals surface area (Å²) in [5, 5.41) is 0. The second-order valence-corrected chi connectivity index (χ2v) is 6.45. The number of anilines is 2. The zero-order valence-corrected chi connectivity index (χ0v) is 15.7. The molecule has 0 saturated heterocycles. The van der Waals surface area contributed by atoms with E-state index in [2.05, 4.69) is 9.97 Å². The van der Waals surface area contributed by atoms with Gasteiger partial charge in [-0.2, -0.15) is 13.2 Å². The first-order valence-corrected chi connectivity index (χ1v) is 8.54. The van der Waals surface area contributed by atoms with Gasteiger partial charge in [0.25, 0.3) is 5.92 Å². The minimum absolute atomic E-state index is 0.0608. The molecule has 0 fully saturated rings. The lowest BCUT2D eigenvalue weighted by Gasteiger charge is -2.21. The summed E-state index contributed by atoms with van der Waals surface area (Å²) in [4.78, 5) is 9.24. The van der Waals surface area contributed by atoms with Gasteiger partial charge in [0, 0.05) is 25.7 Å². The van der Waals surface area contributed by atoms with Crippen LogP contribution in [0, 0.1) is 5.82 Å². The number of nitrogens with zero attached hydrogens (tertiary/aromatic N) is 3. The number of aromatic nitrogens is 2. The van der Waals surface area contributed by atoms with Crippen LogP contribution in [0.15, 0.2) is 54.9 Å². The standard InChI is InChI=1S/C20H15F6N3O/c1-19(22,23)15-9-13(6-7-16(15)21)29(2)17-10-18(28-11-27-17)30-14-5-3-4-12(8-14)20(24,25)26/h3-11H,1-2H3. The van der Waals surface area contributed by atoms with Crippen LogP contribution in [0.3, 0.4) is 0 Å². The smallest absolute Gasteiger partial charge is 0.416 e. The minimum atomic E-state index is -4.53. The average Bonchev–Trinajstić information content (AvgIpc) is 2.67. The molecule has 3 rings (SSSR count). The van der Waals surface area contributed by atoms with Crippen molar-refractivity contribution in [1.29, 1.82) is 0 Å².